The van der Waals surface area contributed by atoms with Gasteiger partial charge in [0.25, 0.3) is 0 Å². The number of likely N-dealkylation sites (tertiary alicyclic amines) is 1. The topological polar surface area (TPSA) is 63.4 Å². The van der Waals surface area contributed by atoms with E-state index >= 15 is 0 Å². The van der Waals surface area contributed by atoms with Gasteiger partial charge in [0, 0.05) is 18.0 Å². The van der Waals surface area contributed by atoms with Crippen molar-refractivity contribution in [2.75, 3.05) is 0 Å². The first-order valence-corrected chi connectivity index (χ1v) is 6.55. The molecular weight excluding hydrogens is 264 g/mol. The van der Waals surface area contributed by atoms with Crippen molar-refractivity contribution in [3.05, 3.63) is 34.3 Å². The van der Waals surface area contributed by atoms with Crippen LogP contribution in [0.4, 0.5) is 0 Å². The molecule has 19 heavy (non-hydrogen) atoms. The highest BCUT2D eigenvalue weighted by Crippen LogP contribution is 2.33. The normalized spacial score (nSPS) is 18.2. The zero-order chi connectivity index (χ0) is 14.2. The van der Waals surface area contributed by atoms with Crippen LogP contribution in [-0.2, 0) is 22.7 Å². The fourth-order valence-corrected chi connectivity index (χ4v) is 2.47. The van der Waals surface area contributed by atoms with Gasteiger partial charge in [0.2, 0.25) is 11.8 Å². The first-order valence-electron chi connectivity index (χ1n) is 6.17. The number of nitrogens with zero attached hydrogens (tertiary/aromatic N) is 1. The van der Waals surface area contributed by atoms with Crippen LogP contribution in [0.1, 0.15) is 31.4 Å². The standard InChI is InChI=1S/C14H17ClN2O2/c1-14(2)6-12(18)17(13(14)19)8-10-4-3-9(7-16)5-11(10)15/h3-5H,6-8,16H2,1-2H3. The van der Waals surface area contributed by atoms with Gasteiger partial charge in [-0.2, -0.15) is 0 Å². The first-order chi connectivity index (χ1) is 8.85. The van der Waals surface area contributed by atoms with Crippen LogP contribution in [0.3, 0.4) is 0 Å². The summed E-state index contributed by atoms with van der Waals surface area (Å²) in [5.74, 6) is -0.287. The van der Waals surface area contributed by atoms with E-state index in [9.17, 15) is 9.59 Å². The molecule has 1 fully saturated rings. The van der Waals surface area contributed by atoms with Crippen LogP contribution < -0.4 is 5.73 Å². The fraction of sp³-hybridized carbons (Fsp3) is 0.429. The number of carbonyl (C=O) groups excluding carboxylic acids is 2. The van der Waals surface area contributed by atoms with E-state index in [1.54, 1.807) is 19.9 Å². The van der Waals surface area contributed by atoms with Crippen molar-refractivity contribution in [1.82, 2.24) is 4.90 Å². The van der Waals surface area contributed by atoms with Gasteiger partial charge in [-0.1, -0.05) is 37.6 Å². The monoisotopic (exact) mass is 280 g/mol. The molecular formula is C14H17ClN2O2. The highest BCUT2D eigenvalue weighted by Gasteiger charge is 2.44. The second-order valence-corrected chi connectivity index (χ2v) is 5.88. The van der Waals surface area contributed by atoms with Crippen molar-refractivity contribution in [3.63, 3.8) is 0 Å². The van der Waals surface area contributed by atoms with Crippen molar-refractivity contribution in [2.45, 2.75) is 33.4 Å². The number of benzene rings is 1. The molecule has 1 heterocycles. The van der Waals surface area contributed by atoms with Gasteiger partial charge >= 0.3 is 0 Å². The number of halogens is 1. The van der Waals surface area contributed by atoms with E-state index in [1.165, 1.54) is 4.90 Å². The zero-order valence-electron chi connectivity index (χ0n) is 11.1. The quantitative estimate of drug-likeness (QED) is 0.862. The third-order valence-corrected chi connectivity index (χ3v) is 3.75. The smallest absolute Gasteiger partial charge is 0.235 e. The molecule has 5 heteroatoms. The summed E-state index contributed by atoms with van der Waals surface area (Å²) in [6.45, 7) is 4.21. The lowest BCUT2D eigenvalue weighted by atomic mass is 9.92. The van der Waals surface area contributed by atoms with Crippen LogP contribution in [0.2, 0.25) is 5.02 Å². The predicted molar refractivity (Wildman–Crippen MR) is 73.3 cm³/mol. The maximum atomic E-state index is 12.1. The zero-order valence-corrected chi connectivity index (χ0v) is 11.8. The van der Waals surface area contributed by atoms with E-state index in [2.05, 4.69) is 0 Å². The summed E-state index contributed by atoms with van der Waals surface area (Å²) in [5, 5.41) is 0.535. The Bertz CT molecular complexity index is 540. The Morgan fingerprint density at radius 2 is 2.05 bits per heavy atom. The third-order valence-electron chi connectivity index (χ3n) is 3.40. The highest BCUT2D eigenvalue weighted by atomic mass is 35.5. The molecule has 0 bridgehead atoms. The molecule has 1 aromatic rings. The van der Waals surface area contributed by atoms with Crippen molar-refractivity contribution >= 4 is 23.4 Å². The number of amides is 2. The molecule has 102 valence electrons. The fourth-order valence-electron chi connectivity index (χ4n) is 2.20. The molecule has 1 aliphatic heterocycles. The Morgan fingerprint density at radius 1 is 1.37 bits per heavy atom. The summed E-state index contributed by atoms with van der Waals surface area (Å²) < 4.78 is 0. The van der Waals surface area contributed by atoms with Gasteiger partial charge in [-0.25, -0.2) is 0 Å². The maximum Gasteiger partial charge on any atom is 0.235 e. The lowest BCUT2D eigenvalue weighted by Crippen LogP contribution is -2.32. The number of imide groups is 1. The molecule has 1 saturated heterocycles. The molecule has 1 aliphatic rings. The van der Waals surface area contributed by atoms with Gasteiger partial charge in [-0.15, -0.1) is 0 Å². The van der Waals surface area contributed by atoms with Crippen LogP contribution in [0, 0.1) is 5.41 Å². The number of rotatable bonds is 3. The van der Waals surface area contributed by atoms with E-state index in [-0.39, 0.29) is 24.8 Å². The molecule has 1 aromatic carbocycles. The Kier molecular flexibility index (Phi) is 3.65. The Morgan fingerprint density at radius 3 is 2.53 bits per heavy atom. The van der Waals surface area contributed by atoms with Crippen LogP contribution in [0.15, 0.2) is 18.2 Å². The summed E-state index contributed by atoms with van der Waals surface area (Å²) in [4.78, 5) is 25.3. The van der Waals surface area contributed by atoms with E-state index in [0.29, 0.717) is 11.6 Å². The average molecular weight is 281 g/mol. The number of nitrogens with two attached hydrogens (primary N) is 1. The van der Waals surface area contributed by atoms with Gasteiger partial charge in [0.05, 0.1) is 12.0 Å². The van der Waals surface area contributed by atoms with Gasteiger partial charge in [-0.05, 0) is 17.2 Å². The molecule has 0 saturated carbocycles. The second-order valence-electron chi connectivity index (χ2n) is 5.48. The number of hydrogen-bond donors (Lipinski definition) is 1. The Hall–Kier alpha value is -1.39. The average Bonchev–Trinajstić information content (AvgIpc) is 2.53. The van der Waals surface area contributed by atoms with Crippen LogP contribution in [0.25, 0.3) is 0 Å². The van der Waals surface area contributed by atoms with Crippen molar-refractivity contribution in [2.24, 2.45) is 11.1 Å². The Labute approximate surface area is 117 Å². The van der Waals surface area contributed by atoms with E-state index in [4.69, 9.17) is 17.3 Å². The summed E-state index contributed by atoms with van der Waals surface area (Å²) >= 11 is 6.15. The maximum absolute atomic E-state index is 12.1. The van der Waals surface area contributed by atoms with Gasteiger partial charge in [-0.3, -0.25) is 14.5 Å². The van der Waals surface area contributed by atoms with Crippen LogP contribution in [0.5, 0.6) is 0 Å². The predicted octanol–water partition coefficient (Wildman–Crippen LogP) is 2.08. The van der Waals surface area contributed by atoms with Crippen molar-refractivity contribution < 1.29 is 9.59 Å². The van der Waals surface area contributed by atoms with Gasteiger partial charge < -0.3 is 5.73 Å². The molecule has 2 N–H and O–H groups in total. The highest BCUT2D eigenvalue weighted by molar-refractivity contribution is 6.31. The largest absolute Gasteiger partial charge is 0.326 e. The van der Waals surface area contributed by atoms with Crippen molar-refractivity contribution in [1.29, 1.82) is 0 Å². The molecule has 0 atom stereocenters. The molecule has 0 aliphatic carbocycles. The van der Waals surface area contributed by atoms with Crippen LogP contribution in [-0.4, -0.2) is 16.7 Å². The summed E-state index contributed by atoms with van der Waals surface area (Å²) in [7, 11) is 0. The lowest BCUT2D eigenvalue weighted by Gasteiger charge is -2.18. The summed E-state index contributed by atoms with van der Waals surface area (Å²) in [5.41, 5.74) is 6.61. The number of hydrogen-bond acceptors (Lipinski definition) is 3. The summed E-state index contributed by atoms with van der Waals surface area (Å²) in [6, 6.07) is 5.45. The van der Waals surface area contributed by atoms with Crippen molar-refractivity contribution in [3.8, 4) is 0 Å². The van der Waals surface area contributed by atoms with Gasteiger partial charge in [0.15, 0.2) is 0 Å². The minimum absolute atomic E-state index is 0.142. The van der Waals surface area contributed by atoms with Crippen LogP contribution >= 0.6 is 11.6 Å². The van der Waals surface area contributed by atoms with E-state index in [1.807, 2.05) is 12.1 Å². The summed E-state index contributed by atoms with van der Waals surface area (Å²) in [6.07, 6.45) is 0.254. The first kappa shape index (κ1) is 14.0. The minimum Gasteiger partial charge on any atom is -0.326 e. The molecule has 2 rings (SSSR count). The van der Waals surface area contributed by atoms with E-state index in [0.717, 1.165) is 11.1 Å². The second kappa shape index (κ2) is 4.94. The lowest BCUT2D eigenvalue weighted by molar-refractivity contribution is -0.141. The molecule has 4 nitrogen and oxygen atoms in total. The molecule has 0 radical (unpaired) electrons. The molecule has 0 spiro atoms. The Balaban J connectivity index is 2.22. The minimum atomic E-state index is -0.610. The molecule has 0 unspecified atom stereocenters. The third kappa shape index (κ3) is 2.65. The molecule has 0 aromatic heterocycles. The number of carbonyl (C=O) groups is 2. The van der Waals surface area contributed by atoms with E-state index < -0.39 is 5.41 Å². The molecule has 2 amide bonds. The van der Waals surface area contributed by atoms with Gasteiger partial charge in [0.1, 0.15) is 0 Å². The SMILES string of the molecule is CC1(C)CC(=O)N(Cc2ccc(CN)cc2Cl)C1=O.